The Hall–Kier alpha value is -1.72. The summed E-state index contributed by atoms with van der Waals surface area (Å²) in [7, 11) is 0. The van der Waals surface area contributed by atoms with Gasteiger partial charge in [0.25, 0.3) is 0 Å². The molecule has 7 aliphatic rings. The number of esters is 1. The van der Waals surface area contributed by atoms with E-state index in [9.17, 15) is 50.4 Å². The Morgan fingerprint density at radius 1 is 0.750 bits per heavy atom. The van der Waals surface area contributed by atoms with Gasteiger partial charge in [-0.15, -0.1) is 0 Å². The van der Waals surface area contributed by atoms with E-state index in [4.69, 9.17) is 18.9 Å². The second-order valence-electron chi connectivity index (χ2n) is 20.7. The maximum absolute atomic E-state index is 14.6. The highest BCUT2D eigenvalue weighted by Crippen LogP contribution is 2.76. The van der Waals surface area contributed by atoms with Gasteiger partial charge >= 0.3 is 11.9 Å². The minimum Gasteiger partial charge on any atom is -0.479 e. The van der Waals surface area contributed by atoms with Gasteiger partial charge in [-0.25, -0.2) is 4.79 Å². The van der Waals surface area contributed by atoms with Crippen molar-refractivity contribution in [3.8, 4) is 0 Å². The average Bonchev–Trinajstić information content (AvgIpc) is 3.12. The van der Waals surface area contributed by atoms with Gasteiger partial charge in [-0.2, -0.15) is 0 Å². The number of aliphatic hydroxyl groups excluding tert-OH is 7. The van der Waals surface area contributed by atoms with Crippen LogP contribution >= 0.6 is 0 Å². The second kappa shape index (κ2) is 14.2. The molecule has 318 valence electrons. The monoisotopic (exact) mass is 794 g/mol. The number of carboxylic acid groups (broad SMARTS) is 1. The number of fused-ring (bicyclic) bond motifs is 7. The van der Waals surface area contributed by atoms with E-state index in [1.807, 2.05) is 0 Å². The van der Waals surface area contributed by atoms with Crippen molar-refractivity contribution in [3.63, 3.8) is 0 Å². The van der Waals surface area contributed by atoms with Crippen LogP contribution in [0.15, 0.2) is 11.6 Å². The number of ether oxygens (including phenoxy) is 4. The van der Waals surface area contributed by atoms with Gasteiger partial charge in [0.15, 0.2) is 12.4 Å². The van der Waals surface area contributed by atoms with E-state index in [2.05, 4.69) is 54.5 Å². The molecular weight excluding hydrogens is 728 g/mol. The lowest BCUT2D eigenvalue weighted by Crippen LogP contribution is -2.66. The highest BCUT2D eigenvalue weighted by atomic mass is 16.7. The van der Waals surface area contributed by atoms with E-state index in [1.165, 1.54) is 5.57 Å². The van der Waals surface area contributed by atoms with E-state index >= 15 is 0 Å². The molecule has 8 N–H and O–H groups in total. The summed E-state index contributed by atoms with van der Waals surface area (Å²) in [5.74, 6) is -1.52. The molecule has 7 rings (SSSR count). The van der Waals surface area contributed by atoms with E-state index in [-0.39, 0.29) is 33.5 Å². The fourth-order valence-corrected chi connectivity index (χ4v) is 13.5. The topological polar surface area (TPSA) is 233 Å². The lowest BCUT2D eigenvalue weighted by Gasteiger charge is -2.71. The molecule has 2 heterocycles. The molecule has 0 spiro atoms. The highest BCUT2D eigenvalue weighted by Gasteiger charge is 2.70. The number of carboxylic acids is 1. The molecule has 0 aromatic rings. The van der Waals surface area contributed by atoms with Gasteiger partial charge in [0, 0.05) is 0 Å². The Morgan fingerprint density at radius 3 is 2.05 bits per heavy atom. The summed E-state index contributed by atoms with van der Waals surface area (Å²) < 4.78 is 23.5. The van der Waals surface area contributed by atoms with Gasteiger partial charge in [0.2, 0.25) is 6.29 Å². The second-order valence-corrected chi connectivity index (χ2v) is 20.7. The van der Waals surface area contributed by atoms with Crippen LogP contribution in [0.25, 0.3) is 0 Å². The molecule has 5 aliphatic carbocycles. The molecule has 2 aliphatic heterocycles. The molecule has 14 nitrogen and oxygen atoms in total. The first kappa shape index (κ1) is 42.4. The Labute approximate surface area is 329 Å². The quantitative estimate of drug-likeness (QED) is 0.110. The average molecular weight is 795 g/mol. The number of rotatable bonds is 6. The zero-order chi connectivity index (χ0) is 41.1. The molecule has 2 saturated heterocycles. The molecule has 0 aromatic heterocycles. The third-order valence-corrected chi connectivity index (χ3v) is 17.2. The molecular formula is C42H66O14. The summed E-state index contributed by atoms with van der Waals surface area (Å²) in [5.41, 5.74) is -0.448. The van der Waals surface area contributed by atoms with Crippen LogP contribution < -0.4 is 0 Å². The molecule has 0 radical (unpaired) electrons. The number of carbonyl (C=O) groups excluding carboxylic acids is 1. The van der Waals surface area contributed by atoms with Crippen molar-refractivity contribution in [3.05, 3.63) is 11.6 Å². The maximum Gasteiger partial charge on any atom is 0.335 e. The molecule has 56 heavy (non-hydrogen) atoms. The van der Waals surface area contributed by atoms with Gasteiger partial charge in [-0.3, -0.25) is 4.79 Å². The molecule has 0 amide bonds. The van der Waals surface area contributed by atoms with Crippen LogP contribution in [-0.2, 0) is 28.5 Å². The van der Waals surface area contributed by atoms with Crippen molar-refractivity contribution < 1.29 is 69.4 Å². The SMILES string of the molecule is CC1(C)CCC2(C(=O)OC3OC(CO)C(O)C(O)C3O)CC[C@]3(C)C(=CCC4C5(C)CCC(OC6OC(C(=O)O)C(O)C(O)C6O)C(C)(C)C5CCC43C)C2C1. The zero-order valence-corrected chi connectivity index (χ0v) is 34.0. The molecule has 0 aromatic carbocycles. The highest BCUT2D eigenvalue weighted by molar-refractivity contribution is 5.79. The third-order valence-electron chi connectivity index (χ3n) is 17.2. The summed E-state index contributed by atoms with van der Waals surface area (Å²) in [4.78, 5) is 26.4. The number of hydrogen-bond acceptors (Lipinski definition) is 13. The molecule has 0 bridgehead atoms. The lowest BCUT2D eigenvalue weighted by atomic mass is 9.33. The number of aliphatic carboxylic acids is 1. The summed E-state index contributed by atoms with van der Waals surface area (Å²) in [6.45, 7) is 15.5. The fraction of sp³-hybridized carbons (Fsp3) is 0.905. The van der Waals surface area contributed by atoms with E-state index in [0.29, 0.717) is 25.2 Å². The maximum atomic E-state index is 14.6. The molecule has 17 unspecified atom stereocenters. The largest absolute Gasteiger partial charge is 0.479 e. The van der Waals surface area contributed by atoms with Gasteiger partial charge < -0.3 is 59.8 Å². The van der Waals surface area contributed by atoms with Crippen molar-refractivity contribution in [1.29, 1.82) is 0 Å². The molecule has 4 saturated carbocycles. The van der Waals surface area contributed by atoms with Crippen molar-refractivity contribution in [2.24, 2.45) is 50.2 Å². The van der Waals surface area contributed by atoms with Crippen LogP contribution in [0.5, 0.6) is 0 Å². The lowest BCUT2D eigenvalue weighted by molar-refractivity contribution is -0.324. The first-order chi connectivity index (χ1) is 26.0. The number of allylic oxidation sites excluding steroid dienone is 2. The normalized spacial score (nSPS) is 52.3. The van der Waals surface area contributed by atoms with Crippen molar-refractivity contribution in [2.45, 2.75) is 180 Å². The minimum absolute atomic E-state index is 0.0330. The predicted molar refractivity (Wildman–Crippen MR) is 198 cm³/mol. The Balaban J connectivity index is 1.16. The van der Waals surface area contributed by atoms with Gasteiger partial charge in [0.05, 0.1) is 18.1 Å². The predicted octanol–water partition coefficient (Wildman–Crippen LogP) is 2.41. The van der Waals surface area contributed by atoms with Crippen LogP contribution in [-0.4, -0.2) is 127 Å². The Kier molecular flexibility index (Phi) is 10.8. The van der Waals surface area contributed by atoms with Crippen molar-refractivity contribution in [1.82, 2.24) is 0 Å². The molecule has 18 atom stereocenters. The van der Waals surface area contributed by atoms with Gasteiger partial charge in [0.1, 0.15) is 42.7 Å². The van der Waals surface area contributed by atoms with Crippen molar-refractivity contribution >= 4 is 11.9 Å². The van der Waals surface area contributed by atoms with Gasteiger partial charge in [-0.05, 0) is 109 Å². The Bertz CT molecular complexity index is 1560. The van der Waals surface area contributed by atoms with Crippen LogP contribution in [0, 0.1) is 50.2 Å². The van der Waals surface area contributed by atoms with Crippen LogP contribution in [0.3, 0.4) is 0 Å². The number of aliphatic hydroxyl groups is 7. The fourth-order valence-electron chi connectivity index (χ4n) is 13.5. The zero-order valence-electron chi connectivity index (χ0n) is 34.0. The molecule has 6 fully saturated rings. The van der Waals surface area contributed by atoms with E-state index in [1.54, 1.807) is 0 Å². The number of carbonyl (C=O) groups is 2. The minimum atomic E-state index is -1.79. The van der Waals surface area contributed by atoms with Gasteiger partial charge in [-0.1, -0.05) is 60.1 Å². The van der Waals surface area contributed by atoms with Crippen LogP contribution in [0.1, 0.15) is 113 Å². The summed E-state index contributed by atoms with van der Waals surface area (Å²) in [5, 5.41) is 82.4. The summed E-state index contributed by atoms with van der Waals surface area (Å²) in [6.07, 6.45) is -6.14. The van der Waals surface area contributed by atoms with Crippen LogP contribution in [0.2, 0.25) is 0 Å². The smallest absolute Gasteiger partial charge is 0.335 e. The summed E-state index contributed by atoms with van der Waals surface area (Å²) >= 11 is 0. The Morgan fingerprint density at radius 2 is 1.39 bits per heavy atom. The summed E-state index contributed by atoms with van der Waals surface area (Å²) in [6, 6.07) is 0. The van der Waals surface area contributed by atoms with Crippen molar-refractivity contribution in [2.75, 3.05) is 6.61 Å². The standard InChI is InChI=1S/C42H66O14/c1-37(2)14-16-42(36(52)56-34-30(48)27(45)26(44)22(19-43)53-34)17-15-40(6)20(21(42)18-37)8-9-24-39(5)12-11-25(38(3,4)23(39)10-13-41(24,40)7)54-35-31(49)28(46)29(47)32(55-35)33(50)51/h8,21-32,34-35,43-49H,9-19H2,1-7H3,(H,50,51)/t21?,22?,23?,24?,25?,26?,27?,28?,29?,30?,31?,32?,34?,35?,39?,40-,41?,42?/m1/s1. The number of hydrogen-bond donors (Lipinski definition) is 8. The first-order valence-corrected chi connectivity index (χ1v) is 20.8. The van der Waals surface area contributed by atoms with E-state index in [0.717, 1.165) is 44.9 Å². The van der Waals surface area contributed by atoms with Crippen LogP contribution in [0.4, 0.5) is 0 Å². The first-order valence-electron chi connectivity index (χ1n) is 20.8. The van der Waals surface area contributed by atoms with E-state index < -0.39 is 96.9 Å². The third kappa shape index (κ3) is 6.17. The molecule has 14 heteroatoms.